The molecule has 1 aromatic carbocycles. The quantitative estimate of drug-likeness (QED) is 0.789. The van der Waals surface area contributed by atoms with Crippen molar-refractivity contribution in [3.05, 3.63) is 40.4 Å². The van der Waals surface area contributed by atoms with Crippen molar-refractivity contribution in [3.8, 4) is 0 Å². The van der Waals surface area contributed by atoms with Crippen LogP contribution in [0.25, 0.3) is 6.08 Å². The molecule has 1 aromatic rings. The average molecular weight is 310 g/mol. The van der Waals surface area contributed by atoms with Crippen LogP contribution in [-0.4, -0.2) is 29.5 Å². The number of nitrogens with zero attached hydrogens (tertiary/aromatic N) is 1. The fourth-order valence-electron chi connectivity index (χ4n) is 1.68. The molecule has 2 amide bonds. The molecule has 0 aromatic heterocycles. The van der Waals surface area contributed by atoms with Gasteiger partial charge in [0, 0.05) is 10.5 Å². The second-order valence-corrected chi connectivity index (χ2v) is 4.94. The van der Waals surface area contributed by atoms with Gasteiger partial charge >= 0.3 is 6.09 Å². The van der Waals surface area contributed by atoms with Gasteiger partial charge in [-0.1, -0.05) is 28.1 Å². The number of carbonyl (C=O) groups excluding carboxylic acids is 2. The van der Waals surface area contributed by atoms with Gasteiger partial charge in [0.1, 0.15) is 6.61 Å². The number of benzene rings is 1. The highest BCUT2D eigenvalue weighted by Gasteiger charge is 2.33. The number of carbonyl (C=O) groups is 2. The number of amides is 2. The maximum atomic E-state index is 11.9. The Morgan fingerprint density at radius 3 is 2.94 bits per heavy atom. The average Bonchev–Trinajstić information content (AvgIpc) is 2.66. The van der Waals surface area contributed by atoms with Crippen molar-refractivity contribution < 1.29 is 14.3 Å². The second-order valence-electron chi connectivity index (χ2n) is 4.02. The van der Waals surface area contributed by atoms with Gasteiger partial charge in [-0.2, -0.15) is 0 Å². The third kappa shape index (κ3) is 2.79. The number of rotatable bonds is 2. The maximum Gasteiger partial charge on any atom is 0.417 e. The SMILES string of the molecule is C[C@@H]1COC(=O)N1C(=O)/C=C/c1cccc(Br)c1. The summed E-state index contributed by atoms with van der Waals surface area (Å²) < 4.78 is 5.73. The molecule has 0 saturated carbocycles. The van der Waals surface area contributed by atoms with Gasteiger partial charge in [-0.05, 0) is 30.7 Å². The van der Waals surface area contributed by atoms with E-state index in [4.69, 9.17) is 4.74 Å². The summed E-state index contributed by atoms with van der Waals surface area (Å²) in [4.78, 5) is 24.3. The molecule has 0 spiro atoms. The Labute approximate surface area is 113 Å². The summed E-state index contributed by atoms with van der Waals surface area (Å²) in [7, 11) is 0. The van der Waals surface area contributed by atoms with Crippen molar-refractivity contribution >= 4 is 34.0 Å². The lowest BCUT2D eigenvalue weighted by molar-refractivity contribution is -0.123. The normalized spacial score (nSPS) is 19.3. The molecule has 1 atom stereocenters. The minimum atomic E-state index is -0.577. The van der Waals surface area contributed by atoms with Crippen LogP contribution in [0.2, 0.25) is 0 Å². The van der Waals surface area contributed by atoms with E-state index in [0.717, 1.165) is 14.9 Å². The van der Waals surface area contributed by atoms with Gasteiger partial charge in [0.05, 0.1) is 6.04 Å². The zero-order valence-electron chi connectivity index (χ0n) is 9.80. The minimum absolute atomic E-state index is 0.211. The van der Waals surface area contributed by atoms with Crippen LogP contribution in [0.4, 0.5) is 4.79 Å². The molecule has 1 fully saturated rings. The fourth-order valence-corrected chi connectivity index (χ4v) is 2.10. The number of hydrogen-bond donors (Lipinski definition) is 0. The molecular weight excluding hydrogens is 298 g/mol. The van der Waals surface area contributed by atoms with Crippen LogP contribution in [0.3, 0.4) is 0 Å². The van der Waals surface area contributed by atoms with Crippen molar-refractivity contribution in [1.82, 2.24) is 4.90 Å². The maximum absolute atomic E-state index is 11.9. The van der Waals surface area contributed by atoms with Gasteiger partial charge in [0.15, 0.2) is 0 Å². The van der Waals surface area contributed by atoms with E-state index in [1.165, 1.54) is 6.08 Å². The summed E-state index contributed by atoms with van der Waals surface area (Å²) in [6.07, 6.45) is 2.47. The van der Waals surface area contributed by atoms with Gasteiger partial charge in [0.25, 0.3) is 5.91 Å². The summed E-state index contributed by atoms with van der Waals surface area (Å²) in [5.74, 6) is -0.357. The predicted octanol–water partition coefficient (Wildman–Crippen LogP) is 2.83. The summed E-state index contributed by atoms with van der Waals surface area (Å²) in [5.41, 5.74) is 0.887. The Hall–Kier alpha value is -1.62. The number of halogens is 1. The molecule has 1 aliphatic rings. The van der Waals surface area contributed by atoms with Crippen LogP contribution >= 0.6 is 15.9 Å². The van der Waals surface area contributed by atoms with Gasteiger partial charge < -0.3 is 4.74 Å². The molecule has 0 radical (unpaired) electrons. The number of imide groups is 1. The monoisotopic (exact) mass is 309 g/mol. The van der Waals surface area contributed by atoms with E-state index in [9.17, 15) is 9.59 Å². The number of ether oxygens (including phenoxy) is 1. The third-order valence-corrected chi connectivity index (χ3v) is 3.08. The standard InChI is InChI=1S/C13H12BrNO3/c1-9-8-18-13(17)15(9)12(16)6-5-10-3-2-4-11(14)7-10/h2-7,9H,8H2,1H3/b6-5+/t9-/m1/s1. The lowest BCUT2D eigenvalue weighted by atomic mass is 10.2. The van der Waals surface area contributed by atoms with Gasteiger partial charge in [0.2, 0.25) is 0 Å². The third-order valence-electron chi connectivity index (χ3n) is 2.59. The first-order chi connectivity index (χ1) is 8.58. The number of cyclic esters (lactones) is 1. The molecule has 5 heteroatoms. The number of hydrogen-bond acceptors (Lipinski definition) is 3. The van der Waals surface area contributed by atoms with Gasteiger partial charge in [-0.3, -0.25) is 4.79 Å². The van der Waals surface area contributed by atoms with Crippen molar-refractivity contribution in [1.29, 1.82) is 0 Å². The Bertz CT molecular complexity index is 513. The molecule has 0 unspecified atom stereocenters. The van der Waals surface area contributed by atoms with Crippen molar-refractivity contribution in [2.45, 2.75) is 13.0 Å². The molecule has 94 valence electrons. The summed E-state index contributed by atoms with van der Waals surface area (Å²) in [6.45, 7) is 2.03. The highest BCUT2D eigenvalue weighted by atomic mass is 79.9. The largest absolute Gasteiger partial charge is 0.447 e. The highest BCUT2D eigenvalue weighted by Crippen LogP contribution is 2.15. The molecule has 1 aliphatic heterocycles. The molecule has 0 bridgehead atoms. The first-order valence-electron chi connectivity index (χ1n) is 5.51. The summed E-state index contributed by atoms with van der Waals surface area (Å²) in [5, 5.41) is 0. The molecule has 18 heavy (non-hydrogen) atoms. The van der Waals surface area contributed by atoms with Crippen molar-refractivity contribution in [2.24, 2.45) is 0 Å². The summed E-state index contributed by atoms with van der Waals surface area (Å²) in [6, 6.07) is 7.33. The van der Waals surface area contributed by atoms with Gasteiger partial charge in [-0.15, -0.1) is 0 Å². The van der Waals surface area contributed by atoms with E-state index in [2.05, 4.69) is 15.9 Å². The van der Waals surface area contributed by atoms with E-state index in [1.807, 2.05) is 24.3 Å². The molecule has 0 aliphatic carbocycles. The minimum Gasteiger partial charge on any atom is -0.447 e. The predicted molar refractivity (Wildman–Crippen MR) is 70.8 cm³/mol. The Morgan fingerprint density at radius 2 is 2.33 bits per heavy atom. The fraction of sp³-hybridized carbons (Fsp3) is 0.231. The lowest BCUT2D eigenvalue weighted by Crippen LogP contribution is -2.35. The van der Waals surface area contributed by atoms with E-state index < -0.39 is 6.09 Å². The van der Waals surface area contributed by atoms with Gasteiger partial charge in [-0.25, -0.2) is 9.69 Å². The van der Waals surface area contributed by atoms with E-state index >= 15 is 0 Å². The zero-order valence-corrected chi connectivity index (χ0v) is 11.4. The van der Waals surface area contributed by atoms with E-state index in [0.29, 0.717) is 0 Å². The Morgan fingerprint density at radius 1 is 1.56 bits per heavy atom. The van der Waals surface area contributed by atoms with E-state index in [-0.39, 0.29) is 18.6 Å². The highest BCUT2D eigenvalue weighted by molar-refractivity contribution is 9.10. The zero-order chi connectivity index (χ0) is 13.1. The first-order valence-corrected chi connectivity index (χ1v) is 6.31. The molecule has 2 rings (SSSR count). The molecule has 1 heterocycles. The molecule has 0 N–H and O–H groups in total. The van der Waals surface area contributed by atoms with Crippen LogP contribution in [0.1, 0.15) is 12.5 Å². The Balaban J connectivity index is 2.09. The van der Waals surface area contributed by atoms with Crippen LogP contribution in [-0.2, 0) is 9.53 Å². The topological polar surface area (TPSA) is 46.6 Å². The van der Waals surface area contributed by atoms with Crippen LogP contribution in [0, 0.1) is 0 Å². The molecule has 1 saturated heterocycles. The molecule has 4 nitrogen and oxygen atoms in total. The van der Waals surface area contributed by atoms with Crippen LogP contribution in [0.5, 0.6) is 0 Å². The van der Waals surface area contributed by atoms with E-state index in [1.54, 1.807) is 13.0 Å². The molecular formula is C13H12BrNO3. The second kappa shape index (κ2) is 5.35. The first kappa shape index (κ1) is 12.8. The Kier molecular flexibility index (Phi) is 3.81. The summed E-state index contributed by atoms with van der Waals surface area (Å²) >= 11 is 3.35. The van der Waals surface area contributed by atoms with Crippen molar-refractivity contribution in [2.75, 3.05) is 6.61 Å². The van der Waals surface area contributed by atoms with Crippen LogP contribution < -0.4 is 0 Å². The smallest absolute Gasteiger partial charge is 0.417 e. The van der Waals surface area contributed by atoms with Crippen molar-refractivity contribution in [3.63, 3.8) is 0 Å². The van der Waals surface area contributed by atoms with Crippen LogP contribution in [0.15, 0.2) is 34.8 Å². The lowest BCUT2D eigenvalue weighted by Gasteiger charge is -2.12.